The Labute approximate surface area is 211 Å². The van der Waals surface area contributed by atoms with Gasteiger partial charge in [-0.2, -0.15) is 0 Å². The van der Waals surface area contributed by atoms with Crippen LogP contribution in [0.2, 0.25) is 0 Å². The number of benzene rings is 2. The molecule has 192 valence electrons. The second-order valence-electron chi connectivity index (χ2n) is 8.61. The Morgan fingerprint density at radius 3 is 2.56 bits per heavy atom. The van der Waals surface area contributed by atoms with Gasteiger partial charge in [0.05, 0.1) is 44.7 Å². The Balaban J connectivity index is 1.46. The van der Waals surface area contributed by atoms with Gasteiger partial charge in [0.15, 0.2) is 11.5 Å². The second kappa shape index (κ2) is 11.9. The zero-order valence-electron chi connectivity index (χ0n) is 21.2. The first kappa shape index (κ1) is 25.5. The van der Waals surface area contributed by atoms with E-state index in [0.717, 1.165) is 35.7 Å². The normalized spacial score (nSPS) is 14.8. The third kappa shape index (κ3) is 5.98. The summed E-state index contributed by atoms with van der Waals surface area (Å²) in [5, 5.41) is 7.06. The number of ether oxygens (including phenoxy) is 4. The highest BCUT2D eigenvalue weighted by Crippen LogP contribution is 2.32. The van der Waals surface area contributed by atoms with Crippen LogP contribution in [-0.4, -0.2) is 63.0 Å². The highest BCUT2D eigenvalue weighted by atomic mass is 16.5. The van der Waals surface area contributed by atoms with Crippen LogP contribution < -0.4 is 19.5 Å². The lowest BCUT2D eigenvalue weighted by atomic mass is 10.0. The first-order chi connectivity index (χ1) is 17.5. The molecule has 1 N–H and O–H groups in total. The summed E-state index contributed by atoms with van der Waals surface area (Å²) in [6.07, 6.45) is 0. The van der Waals surface area contributed by atoms with E-state index in [1.54, 1.807) is 26.4 Å². The molecule has 4 rings (SSSR count). The third-order valence-corrected chi connectivity index (χ3v) is 6.40. The van der Waals surface area contributed by atoms with Gasteiger partial charge in [-0.05, 0) is 49.7 Å². The molecule has 0 aliphatic carbocycles. The van der Waals surface area contributed by atoms with E-state index in [1.165, 1.54) is 0 Å². The minimum absolute atomic E-state index is 0.0448. The van der Waals surface area contributed by atoms with E-state index in [2.05, 4.69) is 15.4 Å². The fourth-order valence-corrected chi connectivity index (χ4v) is 4.29. The van der Waals surface area contributed by atoms with Crippen LogP contribution in [0.1, 0.15) is 39.0 Å². The zero-order chi connectivity index (χ0) is 25.5. The number of morpholine rings is 1. The summed E-state index contributed by atoms with van der Waals surface area (Å²) in [7, 11) is 3.23. The van der Waals surface area contributed by atoms with Crippen molar-refractivity contribution in [3.05, 3.63) is 70.6 Å². The molecule has 1 saturated heterocycles. The Morgan fingerprint density at radius 1 is 1.08 bits per heavy atom. The summed E-state index contributed by atoms with van der Waals surface area (Å²) < 4.78 is 27.5. The van der Waals surface area contributed by atoms with Gasteiger partial charge in [0.1, 0.15) is 18.1 Å². The average Bonchev–Trinajstić information content (AvgIpc) is 3.24. The summed E-state index contributed by atoms with van der Waals surface area (Å²) in [6, 6.07) is 13.0. The number of aryl methyl sites for hydroxylation is 2. The number of nitrogens with one attached hydrogen (secondary N) is 1. The number of nitrogens with zero attached hydrogens (tertiary/aromatic N) is 2. The standard InChI is InChI=1S/C27H33N3O6/c1-18-23(19(2)36-29-18)17-35-22-7-5-6-21(14-22)27(31)28-16-24(30-10-12-34-13-11-30)20-8-9-25(32-3)26(15-20)33-4/h5-9,14-15,24H,10-13,16-17H2,1-4H3,(H,28,31). The maximum absolute atomic E-state index is 13.1. The van der Waals surface area contributed by atoms with Gasteiger partial charge in [-0.25, -0.2) is 0 Å². The number of methoxy groups -OCH3 is 2. The Morgan fingerprint density at radius 2 is 1.86 bits per heavy atom. The Kier molecular flexibility index (Phi) is 8.45. The predicted molar refractivity (Wildman–Crippen MR) is 134 cm³/mol. The Hall–Kier alpha value is -3.56. The topological polar surface area (TPSA) is 95.3 Å². The largest absolute Gasteiger partial charge is 0.493 e. The van der Waals surface area contributed by atoms with Crippen molar-refractivity contribution in [2.75, 3.05) is 47.1 Å². The molecule has 1 aliphatic rings. The maximum atomic E-state index is 13.1. The molecule has 1 atom stereocenters. The van der Waals surface area contributed by atoms with E-state index in [9.17, 15) is 4.79 Å². The van der Waals surface area contributed by atoms with Gasteiger partial charge in [-0.3, -0.25) is 9.69 Å². The summed E-state index contributed by atoms with van der Waals surface area (Å²) in [4.78, 5) is 15.4. The van der Waals surface area contributed by atoms with Crippen molar-refractivity contribution in [1.82, 2.24) is 15.4 Å². The number of carbonyl (C=O) groups excluding carboxylic acids is 1. The summed E-state index contributed by atoms with van der Waals surface area (Å²) in [5.74, 6) is 2.48. The van der Waals surface area contributed by atoms with Gasteiger partial charge in [-0.15, -0.1) is 0 Å². The number of amides is 1. The summed E-state index contributed by atoms with van der Waals surface area (Å²) in [5.41, 5.74) is 3.27. The lowest BCUT2D eigenvalue weighted by molar-refractivity contribution is 0.0162. The zero-order valence-corrected chi connectivity index (χ0v) is 21.2. The van der Waals surface area contributed by atoms with Gasteiger partial charge in [0.2, 0.25) is 0 Å². The fraction of sp³-hybridized carbons (Fsp3) is 0.407. The van der Waals surface area contributed by atoms with E-state index in [0.29, 0.717) is 49.2 Å². The van der Waals surface area contributed by atoms with Crippen LogP contribution in [0.5, 0.6) is 17.2 Å². The first-order valence-corrected chi connectivity index (χ1v) is 12.0. The van der Waals surface area contributed by atoms with Gasteiger partial charge in [0, 0.05) is 25.2 Å². The number of hydrogen-bond acceptors (Lipinski definition) is 8. The van der Waals surface area contributed by atoms with Crippen LogP contribution in [0.3, 0.4) is 0 Å². The summed E-state index contributed by atoms with van der Waals surface area (Å²) in [6.45, 7) is 7.35. The van der Waals surface area contributed by atoms with Gasteiger partial charge < -0.3 is 28.8 Å². The quantitative estimate of drug-likeness (QED) is 0.455. The van der Waals surface area contributed by atoms with Crippen molar-refractivity contribution in [2.24, 2.45) is 0 Å². The average molecular weight is 496 g/mol. The van der Waals surface area contributed by atoms with Crippen LogP contribution in [0.15, 0.2) is 47.0 Å². The highest BCUT2D eigenvalue weighted by molar-refractivity contribution is 5.94. The minimum Gasteiger partial charge on any atom is -0.493 e. The minimum atomic E-state index is -0.170. The van der Waals surface area contributed by atoms with Crippen molar-refractivity contribution >= 4 is 5.91 Å². The van der Waals surface area contributed by atoms with Gasteiger partial charge in [0.25, 0.3) is 5.91 Å². The number of carbonyl (C=O) groups is 1. The van der Waals surface area contributed by atoms with Crippen LogP contribution in [0.4, 0.5) is 0 Å². The lowest BCUT2D eigenvalue weighted by Crippen LogP contribution is -2.43. The SMILES string of the molecule is COc1ccc(C(CNC(=O)c2cccc(OCc3c(C)noc3C)c2)N2CCOCC2)cc1OC. The molecule has 2 aromatic carbocycles. The predicted octanol–water partition coefficient (Wildman–Crippen LogP) is 3.69. The molecule has 1 amide bonds. The van der Waals surface area contributed by atoms with E-state index in [-0.39, 0.29) is 11.9 Å². The lowest BCUT2D eigenvalue weighted by Gasteiger charge is -2.35. The van der Waals surface area contributed by atoms with Crippen molar-refractivity contribution in [2.45, 2.75) is 26.5 Å². The molecule has 0 bridgehead atoms. The number of rotatable bonds is 10. The maximum Gasteiger partial charge on any atom is 0.251 e. The Bertz CT molecular complexity index is 1150. The third-order valence-electron chi connectivity index (χ3n) is 6.40. The highest BCUT2D eigenvalue weighted by Gasteiger charge is 2.24. The van der Waals surface area contributed by atoms with E-state index < -0.39 is 0 Å². The molecule has 1 fully saturated rings. The molecule has 9 nitrogen and oxygen atoms in total. The van der Waals surface area contributed by atoms with Gasteiger partial charge >= 0.3 is 0 Å². The molecule has 9 heteroatoms. The molecule has 1 aliphatic heterocycles. The first-order valence-electron chi connectivity index (χ1n) is 12.0. The van der Waals surface area contributed by atoms with Crippen molar-refractivity contribution in [3.8, 4) is 17.2 Å². The molecule has 36 heavy (non-hydrogen) atoms. The van der Waals surface area contributed by atoms with Gasteiger partial charge in [-0.1, -0.05) is 17.3 Å². The van der Waals surface area contributed by atoms with Crippen LogP contribution in [-0.2, 0) is 11.3 Å². The molecule has 1 unspecified atom stereocenters. The van der Waals surface area contributed by atoms with Crippen molar-refractivity contribution in [3.63, 3.8) is 0 Å². The van der Waals surface area contributed by atoms with Crippen LogP contribution in [0.25, 0.3) is 0 Å². The van der Waals surface area contributed by atoms with Crippen molar-refractivity contribution < 1.29 is 28.3 Å². The van der Waals surface area contributed by atoms with E-state index >= 15 is 0 Å². The second-order valence-corrected chi connectivity index (χ2v) is 8.61. The molecular weight excluding hydrogens is 462 g/mol. The van der Waals surface area contributed by atoms with E-state index in [4.69, 9.17) is 23.5 Å². The molecule has 3 aromatic rings. The molecule has 0 spiro atoms. The smallest absolute Gasteiger partial charge is 0.251 e. The molecule has 0 radical (unpaired) electrons. The number of aromatic nitrogens is 1. The molecule has 1 aromatic heterocycles. The molecular formula is C27H33N3O6. The molecule has 2 heterocycles. The van der Waals surface area contributed by atoms with Crippen LogP contribution >= 0.6 is 0 Å². The monoisotopic (exact) mass is 495 g/mol. The fourth-order valence-electron chi connectivity index (χ4n) is 4.29. The van der Waals surface area contributed by atoms with Crippen LogP contribution in [0, 0.1) is 13.8 Å². The van der Waals surface area contributed by atoms with Crippen molar-refractivity contribution in [1.29, 1.82) is 0 Å². The molecule has 0 saturated carbocycles. The number of hydrogen-bond donors (Lipinski definition) is 1. The van der Waals surface area contributed by atoms with E-state index in [1.807, 2.05) is 44.2 Å². The summed E-state index contributed by atoms with van der Waals surface area (Å²) >= 11 is 0.